The highest BCUT2D eigenvalue weighted by Gasteiger charge is 2.33. The van der Waals surface area contributed by atoms with Crippen LogP contribution in [0, 0.1) is 11.3 Å². The summed E-state index contributed by atoms with van der Waals surface area (Å²) in [7, 11) is 0. The van der Waals surface area contributed by atoms with Crippen molar-refractivity contribution in [3.05, 3.63) is 0 Å². The Morgan fingerprint density at radius 1 is 1.18 bits per heavy atom. The molecule has 0 aliphatic heterocycles. The van der Waals surface area contributed by atoms with Gasteiger partial charge in [0.05, 0.1) is 6.61 Å². The average molecular weight is 239 g/mol. The molecular formula is C15H29NO. The largest absolute Gasteiger partial charge is 0.381 e. The van der Waals surface area contributed by atoms with Gasteiger partial charge in [-0.25, -0.2) is 0 Å². The van der Waals surface area contributed by atoms with Gasteiger partial charge in [-0.3, -0.25) is 0 Å². The van der Waals surface area contributed by atoms with Gasteiger partial charge in [-0.1, -0.05) is 33.1 Å². The van der Waals surface area contributed by atoms with E-state index in [0.717, 1.165) is 25.7 Å². The van der Waals surface area contributed by atoms with Crippen molar-refractivity contribution in [2.75, 3.05) is 19.8 Å². The molecule has 100 valence electrons. The van der Waals surface area contributed by atoms with E-state index in [1.54, 1.807) is 0 Å². The van der Waals surface area contributed by atoms with Crippen molar-refractivity contribution in [1.29, 1.82) is 0 Å². The van der Waals surface area contributed by atoms with Crippen molar-refractivity contribution < 1.29 is 4.74 Å². The highest BCUT2D eigenvalue weighted by molar-refractivity contribution is 4.86. The Labute approximate surface area is 107 Å². The fourth-order valence-corrected chi connectivity index (χ4v) is 2.82. The Kier molecular flexibility index (Phi) is 4.87. The second-order valence-corrected chi connectivity index (χ2v) is 6.55. The number of hydrogen-bond acceptors (Lipinski definition) is 2. The number of hydrogen-bond donors (Lipinski definition) is 1. The summed E-state index contributed by atoms with van der Waals surface area (Å²) in [6.45, 7) is 7.63. The molecule has 0 unspecified atom stereocenters. The summed E-state index contributed by atoms with van der Waals surface area (Å²) < 4.78 is 5.99. The van der Waals surface area contributed by atoms with E-state index in [1.165, 1.54) is 44.9 Å². The van der Waals surface area contributed by atoms with Gasteiger partial charge in [-0.15, -0.1) is 0 Å². The zero-order valence-electron chi connectivity index (χ0n) is 11.6. The van der Waals surface area contributed by atoms with Crippen LogP contribution in [0.2, 0.25) is 0 Å². The second-order valence-electron chi connectivity index (χ2n) is 6.55. The van der Waals surface area contributed by atoms with Crippen LogP contribution in [0.4, 0.5) is 0 Å². The maximum Gasteiger partial charge on any atom is 0.0534 e. The normalized spacial score (nSPS) is 24.2. The maximum absolute atomic E-state index is 5.99. The van der Waals surface area contributed by atoms with Gasteiger partial charge in [0.2, 0.25) is 0 Å². The SMILES string of the molecule is CC(C)NCC1(COCC2CC2)CCCCC1. The van der Waals surface area contributed by atoms with Gasteiger partial charge in [0.1, 0.15) is 0 Å². The van der Waals surface area contributed by atoms with Crippen LogP contribution in [-0.4, -0.2) is 25.8 Å². The molecule has 2 saturated carbocycles. The number of ether oxygens (including phenoxy) is 1. The summed E-state index contributed by atoms with van der Waals surface area (Å²) in [6.07, 6.45) is 9.73. The van der Waals surface area contributed by atoms with Crippen LogP contribution in [0.3, 0.4) is 0 Å². The summed E-state index contributed by atoms with van der Waals surface area (Å²) in [4.78, 5) is 0. The molecule has 2 fully saturated rings. The molecule has 2 aliphatic rings. The fraction of sp³-hybridized carbons (Fsp3) is 1.00. The summed E-state index contributed by atoms with van der Waals surface area (Å²) in [5, 5.41) is 3.63. The molecule has 0 amide bonds. The minimum Gasteiger partial charge on any atom is -0.381 e. The smallest absolute Gasteiger partial charge is 0.0534 e. The molecule has 0 aromatic rings. The Morgan fingerprint density at radius 2 is 1.88 bits per heavy atom. The van der Waals surface area contributed by atoms with E-state index >= 15 is 0 Å². The number of rotatable bonds is 7. The van der Waals surface area contributed by atoms with Crippen LogP contribution in [0.15, 0.2) is 0 Å². The maximum atomic E-state index is 5.99. The van der Waals surface area contributed by atoms with E-state index in [-0.39, 0.29) is 0 Å². The average Bonchev–Trinajstić information content (AvgIpc) is 3.12. The molecule has 2 rings (SSSR count). The monoisotopic (exact) mass is 239 g/mol. The zero-order chi connectivity index (χ0) is 12.1. The molecule has 0 heterocycles. The van der Waals surface area contributed by atoms with Crippen LogP contribution in [0.5, 0.6) is 0 Å². The van der Waals surface area contributed by atoms with Gasteiger partial charge in [0, 0.05) is 24.6 Å². The number of nitrogens with one attached hydrogen (secondary N) is 1. The van der Waals surface area contributed by atoms with E-state index in [1.807, 2.05) is 0 Å². The van der Waals surface area contributed by atoms with Crippen molar-refractivity contribution in [1.82, 2.24) is 5.32 Å². The molecule has 0 aromatic heterocycles. The first-order valence-electron chi connectivity index (χ1n) is 7.51. The van der Waals surface area contributed by atoms with Gasteiger partial charge < -0.3 is 10.1 Å². The summed E-state index contributed by atoms with van der Waals surface area (Å²) in [6, 6.07) is 0.595. The molecule has 0 radical (unpaired) electrons. The van der Waals surface area contributed by atoms with E-state index in [0.29, 0.717) is 11.5 Å². The highest BCUT2D eigenvalue weighted by Crippen LogP contribution is 2.37. The molecule has 2 heteroatoms. The molecule has 2 aliphatic carbocycles. The van der Waals surface area contributed by atoms with Crippen molar-refractivity contribution in [3.8, 4) is 0 Å². The van der Waals surface area contributed by atoms with Crippen LogP contribution >= 0.6 is 0 Å². The van der Waals surface area contributed by atoms with Gasteiger partial charge in [0.15, 0.2) is 0 Å². The van der Waals surface area contributed by atoms with Gasteiger partial charge in [0.25, 0.3) is 0 Å². The molecule has 0 atom stereocenters. The first kappa shape index (κ1) is 13.4. The van der Waals surface area contributed by atoms with Gasteiger partial charge >= 0.3 is 0 Å². The Morgan fingerprint density at radius 3 is 2.47 bits per heavy atom. The van der Waals surface area contributed by atoms with E-state index < -0.39 is 0 Å². The van der Waals surface area contributed by atoms with E-state index in [2.05, 4.69) is 19.2 Å². The minimum atomic E-state index is 0.442. The van der Waals surface area contributed by atoms with Gasteiger partial charge in [-0.05, 0) is 31.6 Å². The van der Waals surface area contributed by atoms with Crippen molar-refractivity contribution in [2.24, 2.45) is 11.3 Å². The molecular weight excluding hydrogens is 210 g/mol. The lowest BCUT2D eigenvalue weighted by Crippen LogP contribution is -2.42. The molecule has 2 nitrogen and oxygen atoms in total. The van der Waals surface area contributed by atoms with Crippen LogP contribution in [0.25, 0.3) is 0 Å². The van der Waals surface area contributed by atoms with Crippen LogP contribution in [-0.2, 0) is 4.74 Å². The zero-order valence-corrected chi connectivity index (χ0v) is 11.6. The van der Waals surface area contributed by atoms with E-state index in [9.17, 15) is 0 Å². The van der Waals surface area contributed by atoms with Crippen molar-refractivity contribution in [3.63, 3.8) is 0 Å². The lowest BCUT2D eigenvalue weighted by atomic mass is 9.74. The predicted octanol–water partition coefficient (Wildman–Crippen LogP) is 3.36. The summed E-state index contributed by atoms with van der Waals surface area (Å²) in [5.41, 5.74) is 0.442. The van der Waals surface area contributed by atoms with Crippen LogP contribution < -0.4 is 5.32 Å². The standard InChI is InChI=1S/C15H29NO/c1-13(2)16-11-15(8-4-3-5-9-15)12-17-10-14-6-7-14/h13-14,16H,3-12H2,1-2H3. The topological polar surface area (TPSA) is 21.3 Å². The first-order valence-corrected chi connectivity index (χ1v) is 7.51. The summed E-state index contributed by atoms with van der Waals surface area (Å²) in [5.74, 6) is 0.897. The quantitative estimate of drug-likeness (QED) is 0.735. The highest BCUT2D eigenvalue weighted by atomic mass is 16.5. The molecule has 0 bridgehead atoms. The second kappa shape index (κ2) is 6.19. The predicted molar refractivity (Wildman–Crippen MR) is 72.2 cm³/mol. The fourth-order valence-electron chi connectivity index (χ4n) is 2.82. The first-order chi connectivity index (χ1) is 8.20. The van der Waals surface area contributed by atoms with Gasteiger partial charge in [-0.2, -0.15) is 0 Å². The third-order valence-electron chi connectivity index (χ3n) is 4.26. The molecule has 0 spiro atoms. The third kappa shape index (κ3) is 4.59. The van der Waals surface area contributed by atoms with Crippen LogP contribution in [0.1, 0.15) is 58.8 Å². The molecule has 1 N–H and O–H groups in total. The van der Waals surface area contributed by atoms with E-state index in [4.69, 9.17) is 4.74 Å². The lowest BCUT2D eigenvalue weighted by molar-refractivity contribution is 0.0146. The molecule has 17 heavy (non-hydrogen) atoms. The Hall–Kier alpha value is -0.0800. The molecule has 0 saturated heterocycles. The lowest BCUT2D eigenvalue weighted by Gasteiger charge is -2.38. The third-order valence-corrected chi connectivity index (χ3v) is 4.26. The minimum absolute atomic E-state index is 0.442. The molecule has 0 aromatic carbocycles. The summed E-state index contributed by atoms with van der Waals surface area (Å²) >= 11 is 0. The van der Waals surface area contributed by atoms with Crippen molar-refractivity contribution in [2.45, 2.75) is 64.8 Å². The Balaban J connectivity index is 1.76. The Bertz CT molecular complexity index is 217. The van der Waals surface area contributed by atoms with Crippen molar-refractivity contribution >= 4 is 0 Å².